The van der Waals surface area contributed by atoms with Crippen molar-refractivity contribution in [2.45, 2.75) is 59.3 Å². The summed E-state index contributed by atoms with van der Waals surface area (Å²) < 4.78 is 0. The lowest BCUT2D eigenvalue weighted by atomic mass is 9.87. The summed E-state index contributed by atoms with van der Waals surface area (Å²) in [6, 6.07) is 0. The number of hydrogen-bond acceptors (Lipinski definition) is 3. The summed E-state index contributed by atoms with van der Waals surface area (Å²) in [7, 11) is 4.09. The van der Waals surface area contributed by atoms with Gasteiger partial charge < -0.3 is 20.4 Å². The van der Waals surface area contributed by atoms with Crippen LogP contribution >= 0.6 is 0 Å². The number of guanidine groups is 1. The molecule has 1 aliphatic heterocycles. The van der Waals surface area contributed by atoms with Crippen LogP contribution in [0.15, 0.2) is 4.99 Å². The molecule has 0 atom stereocenters. The van der Waals surface area contributed by atoms with Crippen LogP contribution in [0.25, 0.3) is 0 Å². The van der Waals surface area contributed by atoms with E-state index in [0.717, 1.165) is 19.0 Å². The van der Waals surface area contributed by atoms with E-state index in [1.54, 1.807) is 0 Å². The smallest absolute Gasteiger partial charge is 0.190 e. The molecule has 0 bridgehead atoms. The first-order chi connectivity index (χ1) is 12.0. The Kier molecular flexibility index (Phi) is 11.1. The Bertz CT molecular complexity index is 367. The first kappa shape index (κ1) is 22.2. The van der Waals surface area contributed by atoms with Gasteiger partial charge in [0.05, 0.1) is 0 Å². The molecule has 1 rings (SSSR count). The highest BCUT2D eigenvalue weighted by Crippen LogP contribution is 2.22. The van der Waals surface area contributed by atoms with Crippen molar-refractivity contribution < 1.29 is 0 Å². The summed E-state index contributed by atoms with van der Waals surface area (Å²) in [4.78, 5) is 9.40. The Morgan fingerprint density at radius 2 is 1.84 bits per heavy atom. The third-order valence-corrected chi connectivity index (χ3v) is 5.17. The minimum Gasteiger partial charge on any atom is -0.356 e. The maximum Gasteiger partial charge on any atom is 0.190 e. The third kappa shape index (κ3) is 10.7. The van der Waals surface area contributed by atoms with Gasteiger partial charge in [-0.05, 0) is 51.4 Å². The molecule has 0 aromatic carbocycles. The maximum atomic E-state index is 4.37. The van der Waals surface area contributed by atoms with Crippen molar-refractivity contribution in [2.24, 2.45) is 10.4 Å². The van der Waals surface area contributed by atoms with E-state index in [1.807, 2.05) is 7.05 Å². The first-order valence-corrected chi connectivity index (χ1v) is 10.3. The Morgan fingerprint density at radius 3 is 2.56 bits per heavy atom. The van der Waals surface area contributed by atoms with E-state index in [9.17, 15) is 0 Å². The van der Waals surface area contributed by atoms with Crippen LogP contribution in [-0.4, -0.2) is 75.7 Å². The van der Waals surface area contributed by atoms with Crippen LogP contribution in [0, 0.1) is 5.41 Å². The average Bonchev–Trinajstić information content (AvgIpc) is 2.79. The van der Waals surface area contributed by atoms with Crippen LogP contribution in [0.1, 0.15) is 59.3 Å². The number of rotatable bonds is 10. The number of likely N-dealkylation sites (N-methyl/N-ethyl adjacent to an activating group) is 1. The topological polar surface area (TPSA) is 42.9 Å². The Balaban J connectivity index is 2.17. The highest BCUT2D eigenvalue weighted by atomic mass is 15.2. The number of nitrogens with zero attached hydrogens (tertiary/aromatic N) is 3. The second-order valence-corrected chi connectivity index (χ2v) is 8.33. The van der Waals surface area contributed by atoms with E-state index in [4.69, 9.17) is 0 Å². The predicted octanol–water partition coefficient (Wildman–Crippen LogP) is 2.79. The lowest BCUT2D eigenvalue weighted by molar-refractivity contribution is 0.273. The molecule has 0 aromatic rings. The SMILES string of the molecule is CCCCCC(C)(C)CNC(=NC)NCCCN1CCCN(C)CC1. The molecule has 1 fully saturated rings. The molecule has 0 spiro atoms. The minimum absolute atomic E-state index is 0.324. The van der Waals surface area contributed by atoms with E-state index >= 15 is 0 Å². The van der Waals surface area contributed by atoms with Gasteiger partial charge in [-0.3, -0.25) is 4.99 Å². The van der Waals surface area contributed by atoms with Gasteiger partial charge in [0.25, 0.3) is 0 Å². The summed E-state index contributed by atoms with van der Waals surface area (Å²) in [6.07, 6.45) is 7.68. The Hall–Kier alpha value is -0.810. The van der Waals surface area contributed by atoms with E-state index in [1.165, 1.54) is 71.2 Å². The quantitative estimate of drug-likeness (QED) is 0.360. The second-order valence-electron chi connectivity index (χ2n) is 8.33. The summed E-state index contributed by atoms with van der Waals surface area (Å²) in [5.74, 6) is 0.944. The molecule has 0 radical (unpaired) electrons. The van der Waals surface area contributed by atoms with Crippen LogP contribution in [0.5, 0.6) is 0 Å². The first-order valence-electron chi connectivity index (χ1n) is 10.3. The molecule has 148 valence electrons. The molecule has 0 aliphatic carbocycles. The minimum atomic E-state index is 0.324. The highest BCUT2D eigenvalue weighted by molar-refractivity contribution is 5.79. The summed E-state index contributed by atoms with van der Waals surface area (Å²) >= 11 is 0. The molecular formula is C20H43N5. The largest absolute Gasteiger partial charge is 0.356 e. The van der Waals surface area contributed by atoms with Crippen LogP contribution in [-0.2, 0) is 0 Å². The second kappa shape index (κ2) is 12.5. The zero-order chi connectivity index (χ0) is 18.5. The van der Waals surface area contributed by atoms with E-state index < -0.39 is 0 Å². The summed E-state index contributed by atoms with van der Waals surface area (Å²) in [5.41, 5.74) is 0.324. The molecule has 25 heavy (non-hydrogen) atoms. The van der Waals surface area contributed by atoms with E-state index in [-0.39, 0.29) is 0 Å². The molecule has 0 amide bonds. The number of hydrogen-bond donors (Lipinski definition) is 2. The average molecular weight is 354 g/mol. The Morgan fingerprint density at radius 1 is 1.04 bits per heavy atom. The summed E-state index contributed by atoms with van der Waals surface area (Å²) in [6.45, 7) is 15.0. The van der Waals surface area contributed by atoms with Gasteiger partial charge in [-0.1, -0.05) is 40.0 Å². The van der Waals surface area contributed by atoms with Gasteiger partial charge in [-0.15, -0.1) is 0 Å². The molecule has 2 N–H and O–H groups in total. The number of nitrogens with one attached hydrogen (secondary N) is 2. The van der Waals surface area contributed by atoms with E-state index in [0.29, 0.717) is 5.41 Å². The molecule has 0 unspecified atom stereocenters. The lowest BCUT2D eigenvalue weighted by Gasteiger charge is -2.26. The van der Waals surface area contributed by atoms with Crippen molar-refractivity contribution in [3.63, 3.8) is 0 Å². The maximum absolute atomic E-state index is 4.37. The molecule has 5 nitrogen and oxygen atoms in total. The lowest BCUT2D eigenvalue weighted by Crippen LogP contribution is -2.43. The van der Waals surface area contributed by atoms with Crippen molar-refractivity contribution in [3.8, 4) is 0 Å². The molecule has 0 aromatic heterocycles. The van der Waals surface area contributed by atoms with Gasteiger partial charge in [0.1, 0.15) is 0 Å². The van der Waals surface area contributed by atoms with Crippen molar-refractivity contribution in [1.82, 2.24) is 20.4 Å². The fourth-order valence-electron chi connectivity index (χ4n) is 3.32. The molecule has 1 saturated heterocycles. The zero-order valence-corrected chi connectivity index (χ0v) is 17.5. The fraction of sp³-hybridized carbons (Fsp3) is 0.950. The predicted molar refractivity (Wildman–Crippen MR) is 110 cm³/mol. The van der Waals surface area contributed by atoms with Gasteiger partial charge in [0.15, 0.2) is 5.96 Å². The van der Waals surface area contributed by atoms with Gasteiger partial charge >= 0.3 is 0 Å². The van der Waals surface area contributed by atoms with Crippen LogP contribution < -0.4 is 10.6 Å². The molecule has 1 heterocycles. The Labute approximate surface area is 156 Å². The normalized spacial score (nSPS) is 18.2. The summed E-state index contributed by atoms with van der Waals surface area (Å²) in [5, 5.41) is 6.98. The van der Waals surface area contributed by atoms with Gasteiger partial charge in [0, 0.05) is 33.2 Å². The molecule has 5 heteroatoms. The van der Waals surface area contributed by atoms with Crippen LogP contribution in [0.3, 0.4) is 0 Å². The third-order valence-electron chi connectivity index (χ3n) is 5.17. The highest BCUT2D eigenvalue weighted by Gasteiger charge is 2.17. The van der Waals surface area contributed by atoms with Gasteiger partial charge in [-0.25, -0.2) is 0 Å². The van der Waals surface area contributed by atoms with Crippen molar-refractivity contribution in [3.05, 3.63) is 0 Å². The van der Waals surface area contributed by atoms with Crippen molar-refractivity contribution >= 4 is 5.96 Å². The molecular weight excluding hydrogens is 310 g/mol. The van der Waals surface area contributed by atoms with Crippen LogP contribution in [0.2, 0.25) is 0 Å². The molecule has 0 saturated carbocycles. The monoisotopic (exact) mass is 353 g/mol. The zero-order valence-electron chi connectivity index (χ0n) is 17.5. The fourth-order valence-corrected chi connectivity index (χ4v) is 3.32. The standard InChI is InChI=1S/C20H43N5/c1-6-7-8-11-20(2,3)18-23-19(21-4)22-12-9-14-25-15-10-13-24(5)16-17-25/h6-18H2,1-5H3,(H2,21,22,23). The van der Waals surface area contributed by atoms with Gasteiger partial charge in [0.2, 0.25) is 0 Å². The van der Waals surface area contributed by atoms with Crippen molar-refractivity contribution in [2.75, 3.05) is 59.9 Å². The molecule has 1 aliphatic rings. The van der Waals surface area contributed by atoms with Gasteiger partial charge in [-0.2, -0.15) is 0 Å². The number of unbranched alkanes of at least 4 members (excludes halogenated alkanes) is 2. The van der Waals surface area contributed by atoms with Crippen LogP contribution in [0.4, 0.5) is 0 Å². The van der Waals surface area contributed by atoms with Crippen molar-refractivity contribution in [1.29, 1.82) is 0 Å². The van der Waals surface area contributed by atoms with E-state index in [2.05, 4.69) is 53.2 Å². The number of aliphatic imine (C=N–C) groups is 1.